The summed E-state index contributed by atoms with van der Waals surface area (Å²) in [4.78, 5) is 14.8. The Hall–Kier alpha value is -2.89. The molecule has 106 valence electrons. The van der Waals surface area contributed by atoms with Gasteiger partial charge in [0.1, 0.15) is 5.75 Å². The summed E-state index contributed by atoms with van der Waals surface area (Å²) in [5.74, 6) is -0.244. The van der Waals surface area contributed by atoms with Crippen LogP contribution >= 0.6 is 0 Å². The fourth-order valence-corrected chi connectivity index (χ4v) is 1.22. The number of carbonyl (C=O) groups is 1. The topological polar surface area (TPSA) is 111 Å². The standard InChI is InChI=1S/C8H9NO3.C6H8N2/c1-6(10)12-9-7-2-4-8(11)5-3-7;7-5-2-1-3-6(8)4-5/h2-5,9,11H,1H3;1-4H,7-8H2. The van der Waals surface area contributed by atoms with Gasteiger partial charge in [0.15, 0.2) is 0 Å². The zero-order valence-electron chi connectivity index (χ0n) is 11.0. The molecule has 0 radical (unpaired) electrons. The van der Waals surface area contributed by atoms with Crippen molar-refractivity contribution in [2.24, 2.45) is 0 Å². The van der Waals surface area contributed by atoms with E-state index in [1.165, 1.54) is 19.1 Å². The Morgan fingerprint density at radius 3 is 2.05 bits per heavy atom. The molecule has 0 aliphatic heterocycles. The zero-order valence-corrected chi connectivity index (χ0v) is 11.0. The van der Waals surface area contributed by atoms with Crippen LogP contribution in [-0.4, -0.2) is 11.1 Å². The van der Waals surface area contributed by atoms with Gasteiger partial charge in [-0.1, -0.05) is 6.07 Å². The number of carbonyl (C=O) groups excluding carboxylic acids is 1. The Labute approximate surface area is 116 Å². The third-order valence-corrected chi connectivity index (χ3v) is 2.09. The molecule has 6 heteroatoms. The summed E-state index contributed by atoms with van der Waals surface area (Å²) < 4.78 is 0. The molecule has 0 aliphatic rings. The molecule has 0 heterocycles. The van der Waals surface area contributed by atoms with Gasteiger partial charge >= 0.3 is 5.97 Å². The zero-order chi connectivity index (χ0) is 15.0. The van der Waals surface area contributed by atoms with Crippen LogP contribution in [0.2, 0.25) is 0 Å². The SMILES string of the molecule is CC(=O)ONc1ccc(O)cc1.Nc1cccc(N)c1. The first kappa shape index (κ1) is 15.2. The highest BCUT2D eigenvalue weighted by Crippen LogP contribution is 2.13. The van der Waals surface area contributed by atoms with E-state index >= 15 is 0 Å². The maximum atomic E-state index is 10.3. The number of nitrogens with one attached hydrogen (secondary N) is 1. The van der Waals surface area contributed by atoms with Crippen LogP contribution in [0, 0.1) is 0 Å². The van der Waals surface area contributed by atoms with E-state index in [1.807, 2.05) is 6.07 Å². The van der Waals surface area contributed by atoms with Crippen molar-refractivity contribution >= 4 is 23.0 Å². The van der Waals surface area contributed by atoms with E-state index in [2.05, 4.69) is 10.3 Å². The Kier molecular flexibility index (Phi) is 5.71. The molecule has 0 amide bonds. The summed E-state index contributed by atoms with van der Waals surface area (Å²) in [6.45, 7) is 1.30. The van der Waals surface area contributed by atoms with Crippen LogP contribution < -0.4 is 16.9 Å². The first-order valence-corrected chi connectivity index (χ1v) is 5.81. The average Bonchev–Trinajstić information content (AvgIpc) is 2.38. The van der Waals surface area contributed by atoms with Gasteiger partial charge in [0.25, 0.3) is 0 Å². The molecule has 0 aromatic heterocycles. The molecule has 0 bridgehead atoms. The van der Waals surface area contributed by atoms with E-state index < -0.39 is 5.97 Å². The number of rotatable bonds is 2. The minimum atomic E-state index is -0.414. The van der Waals surface area contributed by atoms with Crippen molar-refractivity contribution in [3.8, 4) is 5.75 Å². The summed E-state index contributed by atoms with van der Waals surface area (Å²) in [5.41, 5.74) is 15.2. The number of phenolic OH excluding ortho intramolecular Hbond substituents is 1. The molecule has 0 saturated carbocycles. The third-order valence-electron chi connectivity index (χ3n) is 2.09. The van der Waals surface area contributed by atoms with E-state index in [1.54, 1.807) is 30.3 Å². The first-order chi connectivity index (χ1) is 9.47. The summed E-state index contributed by atoms with van der Waals surface area (Å²) in [7, 11) is 0. The van der Waals surface area contributed by atoms with Gasteiger partial charge in [-0.05, 0) is 42.5 Å². The van der Waals surface area contributed by atoms with E-state index in [0.717, 1.165) is 0 Å². The second-order valence-electron chi connectivity index (χ2n) is 3.91. The quantitative estimate of drug-likeness (QED) is 0.379. The van der Waals surface area contributed by atoms with Crippen molar-refractivity contribution in [2.45, 2.75) is 6.92 Å². The van der Waals surface area contributed by atoms with E-state index in [-0.39, 0.29) is 5.75 Å². The van der Waals surface area contributed by atoms with Gasteiger partial charge in [0.2, 0.25) is 0 Å². The predicted molar refractivity (Wildman–Crippen MR) is 78.8 cm³/mol. The predicted octanol–water partition coefficient (Wildman–Crippen LogP) is 2.13. The Bertz CT molecular complexity index is 539. The number of aromatic hydroxyl groups is 1. The van der Waals surface area contributed by atoms with Gasteiger partial charge in [-0.3, -0.25) is 4.79 Å². The Morgan fingerprint density at radius 1 is 1.10 bits per heavy atom. The molecule has 2 aromatic carbocycles. The van der Waals surface area contributed by atoms with Crippen LogP contribution in [0.3, 0.4) is 0 Å². The molecule has 6 N–H and O–H groups in total. The smallest absolute Gasteiger partial charge is 0.329 e. The number of anilines is 3. The molecule has 6 nitrogen and oxygen atoms in total. The summed E-state index contributed by atoms with van der Waals surface area (Å²) in [6.07, 6.45) is 0. The third kappa shape index (κ3) is 6.15. The first-order valence-electron chi connectivity index (χ1n) is 5.81. The molecule has 0 spiro atoms. The number of nitrogens with two attached hydrogens (primary N) is 2. The average molecular weight is 275 g/mol. The largest absolute Gasteiger partial charge is 0.508 e. The van der Waals surface area contributed by atoms with Gasteiger partial charge in [-0.2, -0.15) is 0 Å². The monoisotopic (exact) mass is 275 g/mol. The van der Waals surface area contributed by atoms with E-state index in [0.29, 0.717) is 17.1 Å². The van der Waals surface area contributed by atoms with E-state index in [4.69, 9.17) is 16.6 Å². The van der Waals surface area contributed by atoms with Crippen LogP contribution in [0.15, 0.2) is 48.5 Å². The lowest BCUT2D eigenvalue weighted by atomic mass is 10.3. The summed E-state index contributed by atoms with van der Waals surface area (Å²) in [6, 6.07) is 13.3. The van der Waals surface area contributed by atoms with Crippen LogP contribution in [0.1, 0.15) is 6.92 Å². The van der Waals surface area contributed by atoms with Gasteiger partial charge in [-0.25, -0.2) is 5.48 Å². The molecular weight excluding hydrogens is 258 g/mol. The van der Waals surface area contributed by atoms with Crippen molar-refractivity contribution in [3.63, 3.8) is 0 Å². The minimum Gasteiger partial charge on any atom is -0.508 e. The number of nitrogen functional groups attached to an aromatic ring is 2. The highest BCUT2D eigenvalue weighted by atomic mass is 16.7. The highest BCUT2D eigenvalue weighted by Gasteiger charge is 1.94. The fourth-order valence-electron chi connectivity index (χ4n) is 1.22. The lowest BCUT2D eigenvalue weighted by molar-refractivity contribution is -0.138. The van der Waals surface area contributed by atoms with Crippen molar-refractivity contribution in [2.75, 3.05) is 16.9 Å². The maximum absolute atomic E-state index is 10.3. The summed E-state index contributed by atoms with van der Waals surface area (Å²) in [5, 5.41) is 8.90. The van der Waals surface area contributed by atoms with Crippen molar-refractivity contribution in [3.05, 3.63) is 48.5 Å². The van der Waals surface area contributed by atoms with Crippen LogP contribution in [0.5, 0.6) is 5.75 Å². The molecular formula is C14H17N3O3. The molecule has 0 fully saturated rings. The minimum absolute atomic E-state index is 0.170. The van der Waals surface area contributed by atoms with Crippen LogP contribution in [-0.2, 0) is 9.63 Å². The van der Waals surface area contributed by atoms with Gasteiger partial charge in [-0.15, -0.1) is 0 Å². The number of benzene rings is 2. The molecule has 0 aliphatic carbocycles. The lowest BCUT2D eigenvalue weighted by Gasteiger charge is -2.03. The molecule has 0 saturated heterocycles. The van der Waals surface area contributed by atoms with Crippen molar-refractivity contribution < 1.29 is 14.7 Å². The highest BCUT2D eigenvalue weighted by molar-refractivity contribution is 5.67. The van der Waals surface area contributed by atoms with Gasteiger partial charge in [0, 0.05) is 18.3 Å². The number of hydrogen-bond acceptors (Lipinski definition) is 6. The maximum Gasteiger partial charge on any atom is 0.329 e. The van der Waals surface area contributed by atoms with Crippen LogP contribution in [0.4, 0.5) is 17.1 Å². The molecule has 0 atom stereocenters. The van der Waals surface area contributed by atoms with Crippen molar-refractivity contribution in [1.82, 2.24) is 0 Å². The second kappa shape index (κ2) is 7.52. The lowest BCUT2D eigenvalue weighted by Crippen LogP contribution is -2.05. The molecule has 0 unspecified atom stereocenters. The van der Waals surface area contributed by atoms with Crippen LogP contribution in [0.25, 0.3) is 0 Å². The Morgan fingerprint density at radius 2 is 1.65 bits per heavy atom. The summed E-state index contributed by atoms with van der Waals surface area (Å²) >= 11 is 0. The molecule has 2 rings (SSSR count). The molecule has 20 heavy (non-hydrogen) atoms. The number of phenols is 1. The fraction of sp³-hybridized carbons (Fsp3) is 0.0714. The van der Waals surface area contributed by atoms with Crippen molar-refractivity contribution in [1.29, 1.82) is 0 Å². The van der Waals surface area contributed by atoms with Gasteiger partial charge in [0.05, 0.1) is 5.69 Å². The number of hydrogen-bond donors (Lipinski definition) is 4. The van der Waals surface area contributed by atoms with Gasteiger partial charge < -0.3 is 21.4 Å². The molecule has 2 aromatic rings. The second-order valence-corrected chi connectivity index (χ2v) is 3.91. The van der Waals surface area contributed by atoms with E-state index in [9.17, 15) is 4.79 Å². The Balaban J connectivity index is 0.000000217. The normalized spacial score (nSPS) is 9.05.